The van der Waals surface area contributed by atoms with Crippen LogP contribution in [0.5, 0.6) is 0 Å². The van der Waals surface area contributed by atoms with Crippen molar-refractivity contribution in [3.05, 3.63) is 0 Å². The summed E-state index contributed by atoms with van der Waals surface area (Å²) in [6, 6.07) is -0.905. The Hall–Kier alpha value is -0.700. The zero-order valence-electron chi connectivity index (χ0n) is 13.4. The highest BCUT2D eigenvalue weighted by atomic mass is 32.2. The molecule has 0 bridgehead atoms. The van der Waals surface area contributed by atoms with E-state index in [4.69, 9.17) is 9.47 Å². The van der Waals surface area contributed by atoms with Crippen LogP contribution in [0.15, 0.2) is 0 Å². The quantitative estimate of drug-likeness (QED) is 0.746. The number of esters is 1. The van der Waals surface area contributed by atoms with Crippen molar-refractivity contribution in [1.29, 1.82) is 0 Å². The number of hydrogen-bond donors (Lipinski definition) is 1. The molecule has 1 aliphatic rings. The van der Waals surface area contributed by atoms with E-state index in [1.54, 1.807) is 34.6 Å². The Morgan fingerprint density at radius 1 is 1.24 bits per heavy atom. The van der Waals surface area contributed by atoms with Gasteiger partial charge in [-0.05, 0) is 26.7 Å². The lowest BCUT2D eigenvalue weighted by molar-refractivity contribution is -0.158. The lowest BCUT2D eigenvalue weighted by atomic mass is 10.1. The highest BCUT2D eigenvalue weighted by molar-refractivity contribution is 7.87. The van der Waals surface area contributed by atoms with Crippen molar-refractivity contribution in [2.45, 2.75) is 46.3 Å². The lowest BCUT2D eigenvalue weighted by Crippen LogP contribution is -2.54. The maximum absolute atomic E-state index is 12.3. The molecule has 21 heavy (non-hydrogen) atoms. The van der Waals surface area contributed by atoms with E-state index in [1.807, 2.05) is 0 Å². The lowest BCUT2D eigenvalue weighted by Gasteiger charge is -2.30. The fourth-order valence-electron chi connectivity index (χ4n) is 1.84. The molecule has 0 saturated carbocycles. The first-order valence-electron chi connectivity index (χ1n) is 7.11. The highest BCUT2D eigenvalue weighted by Gasteiger charge is 2.34. The molecule has 0 aliphatic carbocycles. The van der Waals surface area contributed by atoms with Crippen LogP contribution in [0.1, 0.15) is 34.6 Å². The van der Waals surface area contributed by atoms with Crippen LogP contribution in [0.4, 0.5) is 0 Å². The standard InChI is InChI=1S/C13H26N2O5S/c1-10(2)11(12(16)20-13(3,4)5)14-21(17,18)15-6-8-19-9-7-15/h10-11,14H,6-9H2,1-5H3/t11-/m0/s1. The zero-order chi connectivity index (χ0) is 16.3. The average molecular weight is 322 g/mol. The smallest absolute Gasteiger partial charge is 0.325 e. The van der Waals surface area contributed by atoms with Crippen LogP contribution >= 0.6 is 0 Å². The molecule has 1 rings (SSSR count). The van der Waals surface area contributed by atoms with Gasteiger partial charge in [0.05, 0.1) is 13.2 Å². The van der Waals surface area contributed by atoms with E-state index in [0.29, 0.717) is 13.2 Å². The van der Waals surface area contributed by atoms with E-state index in [0.717, 1.165) is 0 Å². The van der Waals surface area contributed by atoms with Gasteiger partial charge in [-0.3, -0.25) is 4.79 Å². The summed E-state index contributed by atoms with van der Waals surface area (Å²) in [4.78, 5) is 12.2. The van der Waals surface area contributed by atoms with E-state index in [2.05, 4.69) is 4.72 Å². The molecule has 1 atom stereocenters. The fourth-order valence-corrected chi connectivity index (χ4v) is 3.31. The number of morpholine rings is 1. The number of ether oxygens (including phenoxy) is 2. The Bertz CT molecular complexity index is 450. The largest absolute Gasteiger partial charge is 0.459 e. The van der Waals surface area contributed by atoms with Gasteiger partial charge in [-0.15, -0.1) is 0 Å². The van der Waals surface area contributed by atoms with Gasteiger partial charge in [-0.1, -0.05) is 13.8 Å². The molecule has 0 spiro atoms. The van der Waals surface area contributed by atoms with Crippen LogP contribution in [-0.4, -0.2) is 56.6 Å². The Morgan fingerprint density at radius 2 is 1.76 bits per heavy atom. The molecule has 8 heteroatoms. The number of nitrogens with one attached hydrogen (secondary N) is 1. The second-order valence-corrected chi connectivity index (χ2v) is 8.09. The Kier molecular flexibility index (Phi) is 6.15. The van der Waals surface area contributed by atoms with E-state index < -0.39 is 27.8 Å². The molecule has 1 heterocycles. The van der Waals surface area contributed by atoms with Gasteiger partial charge in [0.2, 0.25) is 0 Å². The van der Waals surface area contributed by atoms with Crippen molar-refractivity contribution >= 4 is 16.2 Å². The molecular weight excluding hydrogens is 296 g/mol. The number of carbonyl (C=O) groups is 1. The number of nitrogens with zero attached hydrogens (tertiary/aromatic N) is 1. The van der Waals surface area contributed by atoms with Gasteiger partial charge in [0.25, 0.3) is 10.2 Å². The van der Waals surface area contributed by atoms with Crippen LogP contribution in [-0.2, 0) is 24.5 Å². The molecule has 1 saturated heterocycles. The van der Waals surface area contributed by atoms with Crippen LogP contribution < -0.4 is 4.72 Å². The van der Waals surface area contributed by atoms with Crippen LogP contribution in [0.2, 0.25) is 0 Å². The van der Waals surface area contributed by atoms with Gasteiger partial charge >= 0.3 is 5.97 Å². The minimum absolute atomic E-state index is 0.212. The summed E-state index contributed by atoms with van der Waals surface area (Å²) < 4.78 is 38.8. The zero-order valence-corrected chi connectivity index (χ0v) is 14.2. The summed E-state index contributed by atoms with van der Waals surface area (Å²) in [5, 5.41) is 0. The van der Waals surface area contributed by atoms with E-state index in [9.17, 15) is 13.2 Å². The Balaban J connectivity index is 2.80. The molecule has 124 valence electrons. The predicted octanol–water partition coefficient (Wildman–Crippen LogP) is 0.519. The first-order chi connectivity index (χ1) is 9.53. The molecule has 0 aromatic heterocycles. The third-order valence-corrected chi connectivity index (χ3v) is 4.51. The first kappa shape index (κ1) is 18.3. The van der Waals surface area contributed by atoms with Gasteiger partial charge in [0.1, 0.15) is 11.6 Å². The van der Waals surface area contributed by atoms with Crippen molar-refractivity contribution in [2.24, 2.45) is 5.92 Å². The van der Waals surface area contributed by atoms with E-state index in [1.165, 1.54) is 4.31 Å². The number of carbonyl (C=O) groups excluding carboxylic acids is 1. The van der Waals surface area contributed by atoms with Gasteiger partial charge < -0.3 is 9.47 Å². The van der Waals surface area contributed by atoms with E-state index >= 15 is 0 Å². The predicted molar refractivity (Wildman–Crippen MR) is 78.9 cm³/mol. The third-order valence-electron chi connectivity index (χ3n) is 2.91. The topological polar surface area (TPSA) is 84.9 Å². The van der Waals surface area contributed by atoms with Gasteiger partial charge in [0, 0.05) is 13.1 Å². The molecule has 1 fully saturated rings. The molecule has 0 radical (unpaired) electrons. The summed E-state index contributed by atoms with van der Waals surface area (Å²) in [6.45, 7) is 10.1. The van der Waals surface area contributed by atoms with Crippen molar-refractivity contribution in [3.63, 3.8) is 0 Å². The Labute approximate surface area is 127 Å². The summed E-state index contributed by atoms with van der Waals surface area (Å²) >= 11 is 0. The molecule has 0 unspecified atom stereocenters. The summed E-state index contributed by atoms with van der Waals surface area (Å²) in [7, 11) is -3.73. The van der Waals surface area contributed by atoms with E-state index in [-0.39, 0.29) is 19.0 Å². The average Bonchev–Trinajstić information content (AvgIpc) is 2.34. The minimum Gasteiger partial charge on any atom is -0.459 e. The van der Waals surface area contributed by atoms with Crippen molar-refractivity contribution in [2.75, 3.05) is 26.3 Å². The number of hydrogen-bond acceptors (Lipinski definition) is 5. The molecule has 7 nitrogen and oxygen atoms in total. The molecular formula is C13H26N2O5S. The molecule has 0 aromatic rings. The summed E-state index contributed by atoms with van der Waals surface area (Å²) in [5.74, 6) is -0.773. The van der Waals surface area contributed by atoms with Crippen molar-refractivity contribution in [1.82, 2.24) is 9.03 Å². The fraction of sp³-hybridized carbons (Fsp3) is 0.923. The monoisotopic (exact) mass is 322 g/mol. The second-order valence-electron chi connectivity index (χ2n) is 6.39. The SMILES string of the molecule is CC(C)[C@H](NS(=O)(=O)N1CCOCC1)C(=O)OC(C)(C)C. The normalized spacial score (nSPS) is 19.5. The molecule has 1 N–H and O–H groups in total. The summed E-state index contributed by atoms with van der Waals surface area (Å²) in [6.07, 6.45) is 0. The second kappa shape index (κ2) is 7.04. The molecule has 1 aliphatic heterocycles. The van der Waals surface area contributed by atoms with Crippen LogP contribution in [0, 0.1) is 5.92 Å². The van der Waals surface area contributed by atoms with Crippen LogP contribution in [0.25, 0.3) is 0 Å². The third kappa shape index (κ3) is 5.90. The molecule has 0 amide bonds. The van der Waals surface area contributed by atoms with Gasteiger partial charge in [0.15, 0.2) is 0 Å². The maximum Gasteiger partial charge on any atom is 0.325 e. The van der Waals surface area contributed by atoms with Gasteiger partial charge in [-0.2, -0.15) is 17.4 Å². The van der Waals surface area contributed by atoms with Crippen LogP contribution in [0.3, 0.4) is 0 Å². The highest BCUT2D eigenvalue weighted by Crippen LogP contribution is 2.14. The first-order valence-corrected chi connectivity index (χ1v) is 8.55. The Morgan fingerprint density at radius 3 is 2.19 bits per heavy atom. The maximum atomic E-state index is 12.3. The van der Waals surface area contributed by atoms with Crippen molar-refractivity contribution < 1.29 is 22.7 Å². The minimum atomic E-state index is -3.73. The van der Waals surface area contributed by atoms with Gasteiger partial charge in [-0.25, -0.2) is 0 Å². The molecule has 0 aromatic carbocycles. The van der Waals surface area contributed by atoms with Crippen molar-refractivity contribution in [3.8, 4) is 0 Å². The summed E-state index contributed by atoms with van der Waals surface area (Å²) in [5.41, 5.74) is -0.658. The number of rotatable bonds is 5.